The Labute approximate surface area is 105 Å². The third kappa shape index (κ3) is 37.8. The van der Waals surface area contributed by atoms with Gasteiger partial charge < -0.3 is 5.32 Å². The van der Waals surface area contributed by atoms with Crippen LogP contribution in [0.4, 0.5) is 0 Å². The molecule has 0 spiro atoms. The predicted molar refractivity (Wildman–Crippen MR) is 79.2 cm³/mol. The third-order valence-electron chi connectivity index (χ3n) is 1.10. The highest BCUT2D eigenvalue weighted by Crippen LogP contribution is 1.88. The maximum atomic E-state index is 10.8. The highest BCUT2D eigenvalue weighted by Gasteiger charge is 2.02. The van der Waals surface area contributed by atoms with Gasteiger partial charge in [0.15, 0.2) is 0 Å². The molecule has 0 aromatic carbocycles. The lowest BCUT2D eigenvalue weighted by molar-refractivity contribution is -0.125. The van der Waals surface area contributed by atoms with Crippen LogP contribution < -0.4 is 5.32 Å². The molecule has 0 aliphatic heterocycles. The van der Waals surface area contributed by atoms with Crippen LogP contribution in [0.1, 0.15) is 64.3 Å². The molecule has 0 atom stereocenters. The van der Waals surface area contributed by atoms with Gasteiger partial charge in [0, 0.05) is 13.0 Å². The standard InChI is InChI=1S/C7H13NO2.6CH4/c1-6(9)5-7(10)3-4-8-2;;;;;;/h8H,3-5H2,1-2H3;6*1H4. The lowest BCUT2D eigenvalue weighted by Crippen LogP contribution is -2.14. The molecule has 0 rings (SSSR count). The fraction of sp³-hybridized carbons (Fsp3) is 0.846. The van der Waals surface area contributed by atoms with Crippen molar-refractivity contribution in [2.24, 2.45) is 0 Å². The van der Waals surface area contributed by atoms with Gasteiger partial charge in [-0.25, -0.2) is 0 Å². The van der Waals surface area contributed by atoms with E-state index in [9.17, 15) is 9.59 Å². The first-order chi connectivity index (χ1) is 4.66. The van der Waals surface area contributed by atoms with Gasteiger partial charge in [0.25, 0.3) is 0 Å². The summed E-state index contributed by atoms with van der Waals surface area (Å²) in [5.74, 6) is -0.0389. The second-order valence-corrected chi connectivity index (χ2v) is 2.27. The Balaban J connectivity index is -0.0000000270. The zero-order valence-electron chi connectivity index (χ0n) is 6.44. The largest absolute Gasteiger partial charge is 0.319 e. The van der Waals surface area contributed by atoms with E-state index in [2.05, 4.69) is 5.32 Å². The summed E-state index contributed by atoms with van der Waals surface area (Å²) in [5.41, 5.74) is 0. The molecule has 0 heterocycles. The molecule has 106 valence electrons. The number of hydrogen-bond acceptors (Lipinski definition) is 3. The summed E-state index contributed by atoms with van der Waals surface area (Å²) in [5, 5.41) is 2.84. The summed E-state index contributed by atoms with van der Waals surface area (Å²) in [6.45, 7) is 2.09. The van der Waals surface area contributed by atoms with Crippen LogP contribution in [-0.4, -0.2) is 25.2 Å². The minimum absolute atomic E-state index is 0. The Morgan fingerprint density at radius 1 is 0.938 bits per heavy atom. The molecule has 0 aliphatic rings. The zero-order valence-corrected chi connectivity index (χ0v) is 6.44. The first-order valence-corrected chi connectivity index (χ1v) is 3.32. The van der Waals surface area contributed by atoms with E-state index in [0.29, 0.717) is 13.0 Å². The van der Waals surface area contributed by atoms with Crippen LogP contribution >= 0.6 is 0 Å². The van der Waals surface area contributed by atoms with Crippen molar-refractivity contribution >= 4 is 11.6 Å². The SMILES string of the molecule is C.C.C.C.C.C.CNCCC(=O)CC(C)=O. The number of Topliss-reactive ketones (excluding diaryl/α,β-unsaturated/α-hetero) is 2. The average molecular weight is 239 g/mol. The minimum Gasteiger partial charge on any atom is -0.319 e. The fourth-order valence-corrected chi connectivity index (χ4v) is 0.630. The molecule has 0 aromatic heterocycles. The normalized spacial score (nSPS) is 5.88. The van der Waals surface area contributed by atoms with Crippen LogP contribution in [0, 0.1) is 0 Å². The first-order valence-electron chi connectivity index (χ1n) is 3.32. The van der Waals surface area contributed by atoms with Gasteiger partial charge in [-0.15, -0.1) is 0 Å². The molecule has 16 heavy (non-hydrogen) atoms. The topological polar surface area (TPSA) is 46.2 Å². The fourth-order valence-electron chi connectivity index (χ4n) is 0.630. The third-order valence-corrected chi connectivity index (χ3v) is 1.10. The second-order valence-electron chi connectivity index (χ2n) is 2.27. The van der Waals surface area contributed by atoms with Crippen LogP contribution in [0.3, 0.4) is 0 Å². The molecule has 3 nitrogen and oxygen atoms in total. The maximum Gasteiger partial charge on any atom is 0.141 e. The van der Waals surface area contributed by atoms with Gasteiger partial charge in [-0.1, -0.05) is 44.6 Å². The van der Waals surface area contributed by atoms with Crippen molar-refractivity contribution in [1.29, 1.82) is 0 Å². The number of rotatable bonds is 5. The summed E-state index contributed by atoms with van der Waals surface area (Å²) in [4.78, 5) is 21.1. The maximum absolute atomic E-state index is 10.8. The average Bonchev–Trinajstić information content (AvgIpc) is 1.82. The first kappa shape index (κ1) is 45.4. The van der Waals surface area contributed by atoms with Crippen molar-refractivity contribution in [3.05, 3.63) is 0 Å². The Morgan fingerprint density at radius 3 is 1.56 bits per heavy atom. The number of carbonyl (C=O) groups is 2. The monoisotopic (exact) mass is 239 g/mol. The molecule has 0 aromatic rings. The van der Waals surface area contributed by atoms with E-state index in [1.54, 1.807) is 7.05 Å². The van der Waals surface area contributed by atoms with Crippen LogP contribution in [0.15, 0.2) is 0 Å². The summed E-state index contributed by atoms with van der Waals surface area (Å²) in [6, 6.07) is 0. The molecule has 0 amide bonds. The Morgan fingerprint density at radius 2 is 1.31 bits per heavy atom. The lowest BCUT2D eigenvalue weighted by atomic mass is 10.2. The van der Waals surface area contributed by atoms with E-state index in [1.807, 2.05) is 0 Å². The Kier molecular flexibility index (Phi) is 83.0. The predicted octanol–water partition coefficient (Wildman–Crippen LogP) is 3.96. The van der Waals surface area contributed by atoms with E-state index in [-0.39, 0.29) is 62.5 Å². The van der Waals surface area contributed by atoms with Crippen molar-refractivity contribution in [3.8, 4) is 0 Å². The molecule has 0 radical (unpaired) electrons. The molecule has 0 saturated carbocycles. The van der Waals surface area contributed by atoms with Gasteiger partial charge in [0.2, 0.25) is 0 Å². The number of nitrogens with one attached hydrogen (secondary N) is 1. The van der Waals surface area contributed by atoms with Crippen LogP contribution in [-0.2, 0) is 9.59 Å². The molecule has 3 heteroatoms. The Bertz CT molecular complexity index is 134. The summed E-state index contributed by atoms with van der Waals surface area (Å²) in [7, 11) is 1.78. The quantitative estimate of drug-likeness (QED) is 0.739. The zero-order chi connectivity index (χ0) is 7.98. The van der Waals surface area contributed by atoms with Gasteiger partial charge >= 0.3 is 0 Å². The van der Waals surface area contributed by atoms with E-state index in [0.717, 1.165) is 0 Å². The van der Waals surface area contributed by atoms with Crippen molar-refractivity contribution in [3.63, 3.8) is 0 Å². The number of hydrogen-bond donors (Lipinski definition) is 1. The Hall–Kier alpha value is -0.700. The molecular weight excluding hydrogens is 202 g/mol. The van der Waals surface area contributed by atoms with E-state index in [1.165, 1.54) is 6.92 Å². The molecule has 0 aliphatic carbocycles. The van der Waals surface area contributed by atoms with Crippen LogP contribution in [0.5, 0.6) is 0 Å². The molecule has 0 unspecified atom stereocenters. The van der Waals surface area contributed by atoms with Gasteiger partial charge in [-0.05, 0) is 14.0 Å². The van der Waals surface area contributed by atoms with E-state index >= 15 is 0 Å². The van der Waals surface area contributed by atoms with Gasteiger partial charge in [0.05, 0.1) is 6.42 Å². The summed E-state index contributed by atoms with van der Waals surface area (Å²) >= 11 is 0. The van der Waals surface area contributed by atoms with Crippen LogP contribution in [0.25, 0.3) is 0 Å². The lowest BCUT2D eigenvalue weighted by Gasteiger charge is -1.95. The smallest absolute Gasteiger partial charge is 0.141 e. The van der Waals surface area contributed by atoms with E-state index in [4.69, 9.17) is 0 Å². The molecule has 0 bridgehead atoms. The van der Waals surface area contributed by atoms with Crippen molar-refractivity contribution in [2.45, 2.75) is 64.3 Å². The van der Waals surface area contributed by atoms with Gasteiger partial charge in [-0.2, -0.15) is 0 Å². The van der Waals surface area contributed by atoms with Gasteiger partial charge in [-0.3, -0.25) is 9.59 Å². The second kappa shape index (κ2) is 29.2. The van der Waals surface area contributed by atoms with Crippen molar-refractivity contribution in [1.82, 2.24) is 5.32 Å². The molecule has 1 N–H and O–H groups in total. The highest BCUT2D eigenvalue weighted by atomic mass is 16.1. The highest BCUT2D eigenvalue weighted by molar-refractivity contribution is 5.97. The molecule has 0 fully saturated rings. The van der Waals surface area contributed by atoms with Crippen molar-refractivity contribution < 1.29 is 9.59 Å². The number of ketones is 2. The molecular formula is C13H37NO2. The van der Waals surface area contributed by atoms with Gasteiger partial charge in [0.1, 0.15) is 11.6 Å². The number of carbonyl (C=O) groups excluding carboxylic acids is 2. The molecule has 0 saturated heterocycles. The summed E-state index contributed by atoms with van der Waals surface area (Å²) in [6.07, 6.45) is 0.539. The van der Waals surface area contributed by atoms with E-state index < -0.39 is 0 Å². The van der Waals surface area contributed by atoms with Crippen LogP contribution in [0.2, 0.25) is 0 Å². The summed E-state index contributed by atoms with van der Waals surface area (Å²) < 4.78 is 0. The minimum atomic E-state index is -0.0545. The van der Waals surface area contributed by atoms with Crippen molar-refractivity contribution in [2.75, 3.05) is 13.6 Å².